The number of Topliss-reactive ketones (excluding diaryl/α,β-unsaturated/α-hetero) is 2. The summed E-state index contributed by atoms with van der Waals surface area (Å²) < 4.78 is 5.58. The van der Waals surface area contributed by atoms with Crippen molar-refractivity contribution in [3.63, 3.8) is 0 Å². The minimum absolute atomic E-state index is 0.00923. The van der Waals surface area contributed by atoms with Crippen molar-refractivity contribution < 1.29 is 19.1 Å². The van der Waals surface area contributed by atoms with Crippen molar-refractivity contribution in [3.05, 3.63) is 35.9 Å². The molecule has 1 aromatic rings. The second-order valence-corrected chi connectivity index (χ2v) is 6.50. The van der Waals surface area contributed by atoms with E-state index in [9.17, 15) is 14.4 Å². The summed E-state index contributed by atoms with van der Waals surface area (Å²) in [5.41, 5.74) is 1.69. The Kier molecular flexibility index (Phi) is 5.02. The molecule has 1 aliphatic carbocycles. The predicted molar refractivity (Wildman–Crippen MR) is 94.3 cm³/mol. The maximum atomic E-state index is 13.1. The highest BCUT2D eigenvalue weighted by molar-refractivity contribution is 6.12. The standard InChI is InChI=1S/C20H23NO4/c1-3-25-18-10-6-8-15-13(2)21(20(24)19(15)18)16-12-11-14(22)7-4-5-9-17(16)23/h6,8,10,16H,2-5,7,9,11-12H2,1H3. The molecule has 0 bridgehead atoms. The first-order valence-electron chi connectivity index (χ1n) is 8.87. The van der Waals surface area contributed by atoms with Crippen molar-refractivity contribution >= 4 is 23.2 Å². The second kappa shape index (κ2) is 7.21. The summed E-state index contributed by atoms with van der Waals surface area (Å²) in [4.78, 5) is 39.1. The van der Waals surface area contributed by atoms with Gasteiger partial charge in [-0.2, -0.15) is 0 Å². The lowest BCUT2D eigenvalue weighted by Gasteiger charge is -2.27. The molecule has 5 nitrogen and oxygen atoms in total. The van der Waals surface area contributed by atoms with E-state index in [1.807, 2.05) is 19.1 Å². The number of fused-ring (bicyclic) bond motifs is 1. The Morgan fingerprint density at radius 1 is 1.16 bits per heavy atom. The van der Waals surface area contributed by atoms with E-state index in [1.54, 1.807) is 6.07 Å². The minimum Gasteiger partial charge on any atom is -0.493 e. The van der Waals surface area contributed by atoms with Crippen molar-refractivity contribution in [1.29, 1.82) is 0 Å². The molecule has 3 rings (SSSR count). The highest BCUT2D eigenvalue weighted by Crippen LogP contribution is 2.39. The van der Waals surface area contributed by atoms with Crippen LogP contribution in [0.15, 0.2) is 24.8 Å². The number of nitrogens with zero attached hydrogens (tertiary/aromatic N) is 1. The first kappa shape index (κ1) is 17.4. The van der Waals surface area contributed by atoms with Crippen LogP contribution in [-0.4, -0.2) is 35.0 Å². The molecule has 1 fully saturated rings. The number of rotatable bonds is 3. The molecule has 1 saturated carbocycles. The van der Waals surface area contributed by atoms with E-state index in [0.717, 1.165) is 6.42 Å². The summed E-state index contributed by atoms with van der Waals surface area (Å²) in [7, 11) is 0. The fourth-order valence-electron chi connectivity index (χ4n) is 3.62. The third kappa shape index (κ3) is 3.23. The Labute approximate surface area is 147 Å². The monoisotopic (exact) mass is 341 g/mol. The Morgan fingerprint density at radius 2 is 1.92 bits per heavy atom. The van der Waals surface area contributed by atoms with Crippen molar-refractivity contribution in [2.75, 3.05) is 6.61 Å². The van der Waals surface area contributed by atoms with Gasteiger partial charge in [0.2, 0.25) is 0 Å². The van der Waals surface area contributed by atoms with Crippen LogP contribution in [0, 0.1) is 0 Å². The van der Waals surface area contributed by atoms with Crippen LogP contribution in [0.2, 0.25) is 0 Å². The fraction of sp³-hybridized carbons (Fsp3) is 0.450. The van der Waals surface area contributed by atoms with E-state index in [0.29, 0.717) is 61.3 Å². The summed E-state index contributed by atoms with van der Waals surface area (Å²) in [6.07, 6.45) is 3.02. The number of hydrogen-bond acceptors (Lipinski definition) is 4. The van der Waals surface area contributed by atoms with Crippen LogP contribution in [-0.2, 0) is 9.59 Å². The highest BCUT2D eigenvalue weighted by atomic mass is 16.5. The summed E-state index contributed by atoms with van der Waals surface area (Å²) in [6, 6.07) is 4.78. The molecule has 1 amide bonds. The van der Waals surface area contributed by atoms with Crippen LogP contribution in [0.25, 0.3) is 5.70 Å². The third-order valence-corrected chi connectivity index (χ3v) is 4.87. The van der Waals surface area contributed by atoms with Gasteiger partial charge in [0.05, 0.1) is 18.2 Å². The molecule has 2 aliphatic rings. The smallest absolute Gasteiger partial charge is 0.263 e. The molecule has 0 N–H and O–H groups in total. The topological polar surface area (TPSA) is 63.7 Å². The number of benzene rings is 1. The van der Waals surface area contributed by atoms with Crippen LogP contribution in [0.4, 0.5) is 0 Å². The number of ether oxygens (including phenoxy) is 1. The van der Waals surface area contributed by atoms with Crippen molar-refractivity contribution in [1.82, 2.24) is 4.90 Å². The maximum absolute atomic E-state index is 13.1. The number of carbonyl (C=O) groups excluding carboxylic acids is 3. The molecule has 5 heteroatoms. The molecule has 25 heavy (non-hydrogen) atoms. The molecule has 0 spiro atoms. The number of hydrogen-bond donors (Lipinski definition) is 0. The molecule has 132 valence electrons. The second-order valence-electron chi connectivity index (χ2n) is 6.50. The van der Waals surface area contributed by atoms with Gasteiger partial charge in [-0.3, -0.25) is 19.3 Å². The van der Waals surface area contributed by atoms with Gasteiger partial charge in [0, 0.05) is 30.5 Å². The van der Waals surface area contributed by atoms with Gasteiger partial charge in [-0.05, 0) is 32.3 Å². The van der Waals surface area contributed by atoms with Crippen LogP contribution < -0.4 is 4.74 Å². The van der Waals surface area contributed by atoms with Gasteiger partial charge < -0.3 is 4.74 Å². The Bertz CT molecular complexity index is 737. The largest absolute Gasteiger partial charge is 0.493 e. The van der Waals surface area contributed by atoms with Gasteiger partial charge in [0.25, 0.3) is 5.91 Å². The zero-order valence-electron chi connectivity index (χ0n) is 14.5. The summed E-state index contributed by atoms with van der Waals surface area (Å²) in [5.74, 6) is 0.425. The van der Waals surface area contributed by atoms with Crippen LogP contribution in [0.3, 0.4) is 0 Å². The van der Waals surface area contributed by atoms with Crippen LogP contribution in [0.5, 0.6) is 5.75 Å². The molecule has 1 aliphatic heterocycles. The number of amides is 1. The van der Waals surface area contributed by atoms with Gasteiger partial charge in [0.15, 0.2) is 5.78 Å². The summed E-state index contributed by atoms with van der Waals surface area (Å²) >= 11 is 0. The van der Waals surface area contributed by atoms with Gasteiger partial charge in [0.1, 0.15) is 11.5 Å². The van der Waals surface area contributed by atoms with Crippen molar-refractivity contribution in [2.45, 2.75) is 51.5 Å². The molecule has 1 atom stereocenters. The zero-order valence-corrected chi connectivity index (χ0v) is 14.5. The van der Waals surface area contributed by atoms with Gasteiger partial charge in [-0.15, -0.1) is 0 Å². The van der Waals surface area contributed by atoms with Gasteiger partial charge in [-0.25, -0.2) is 0 Å². The Hall–Kier alpha value is -2.43. The normalized spacial score (nSPS) is 21.6. The van der Waals surface area contributed by atoms with Gasteiger partial charge in [-0.1, -0.05) is 18.7 Å². The van der Waals surface area contributed by atoms with E-state index in [2.05, 4.69) is 6.58 Å². The van der Waals surface area contributed by atoms with Crippen LogP contribution in [0.1, 0.15) is 61.4 Å². The molecule has 1 heterocycles. The lowest BCUT2D eigenvalue weighted by Crippen LogP contribution is -2.40. The predicted octanol–water partition coefficient (Wildman–Crippen LogP) is 3.37. The molecule has 0 saturated heterocycles. The number of ketones is 2. The molecule has 0 aromatic heterocycles. The van der Waals surface area contributed by atoms with E-state index in [-0.39, 0.29) is 17.5 Å². The van der Waals surface area contributed by atoms with E-state index < -0.39 is 6.04 Å². The van der Waals surface area contributed by atoms with E-state index in [1.165, 1.54) is 4.90 Å². The van der Waals surface area contributed by atoms with E-state index in [4.69, 9.17) is 4.74 Å². The quantitative estimate of drug-likeness (QED) is 0.845. The summed E-state index contributed by atoms with van der Waals surface area (Å²) in [5, 5.41) is 0. The molecular weight excluding hydrogens is 318 g/mol. The fourth-order valence-corrected chi connectivity index (χ4v) is 3.62. The lowest BCUT2D eigenvalue weighted by atomic mass is 10.0. The molecule has 1 unspecified atom stereocenters. The maximum Gasteiger partial charge on any atom is 0.263 e. The molecule has 0 radical (unpaired) electrons. The van der Waals surface area contributed by atoms with Crippen LogP contribution >= 0.6 is 0 Å². The average Bonchev–Trinajstić information content (AvgIpc) is 2.88. The SMILES string of the molecule is C=C1c2cccc(OCC)c2C(=O)N1C1CCC(=O)CCCCC1=O. The minimum atomic E-state index is -0.621. The molecule has 1 aromatic carbocycles. The lowest BCUT2D eigenvalue weighted by molar-refractivity contribution is -0.123. The zero-order chi connectivity index (χ0) is 18.0. The van der Waals surface area contributed by atoms with Gasteiger partial charge >= 0.3 is 0 Å². The number of carbonyl (C=O) groups is 3. The third-order valence-electron chi connectivity index (χ3n) is 4.87. The Balaban J connectivity index is 1.95. The summed E-state index contributed by atoms with van der Waals surface area (Å²) in [6.45, 7) is 6.36. The highest BCUT2D eigenvalue weighted by Gasteiger charge is 2.40. The first-order chi connectivity index (χ1) is 12.0. The Morgan fingerprint density at radius 3 is 2.68 bits per heavy atom. The van der Waals surface area contributed by atoms with E-state index >= 15 is 0 Å². The average molecular weight is 341 g/mol. The first-order valence-corrected chi connectivity index (χ1v) is 8.87. The van der Waals surface area contributed by atoms with Crippen molar-refractivity contribution in [2.24, 2.45) is 0 Å². The van der Waals surface area contributed by atoms with Crippen molar-refractivity contribution in [3.8, 4) is 5.75 Å². The molecular formula is C20H23NO4.